The summed E-state index contributed by atoms with van der Waals surface area (Å²) in [5, 5.41) is -0.426. The normalized spacial score (nSPS) is 13.5. The second kappa shape index (κ2) is 18.4. The first-order valence-electron chi connectivity index (χ1n) is 12.1. The van der Waals surface area contributed by atoms with E-state index >= 15 is 0 Å². The van der Waals surface area contributed by atoms with Gasteiger partial charge in [-0.2, -0.15) is 0 Å². The number of esters is 2. The summed E-state index contributed by atoms with van der Waals surface area (Å²) in [4.78, 5) is 22.6. The fourth-order valence-corrected chi connectivity index (χ4v) is 5.16. The fraction of sp³-hybridized carbons (Fsp3) is 0.913. The topological polar surface area (TPSA) is 98.8 Å². The Morgan fingerprint density at radius 3 is 2.16 bits per heavy atom. The van der Waals surface area contributed by atoms with Crippen molar-refractivity contribution in [2.75, 3.05) is 13.2 Å². The number of unbranched alkanes of at least 4 members (excludes halogenated alkanes) is 5. The van der Waals surface area contributed by atoms with Gasteiger partial charge in [0.15, 0.2) is 0 Å². The van der Waals surface area contributed by atoms with E-state index in [0.717, 1.165) is 57.8 Å². The van der Waals surface area contributed by atoms with Crippen LogP contribution in [0, 0.1) is 0 Å². The molecule has 7 nitrogen and oxygen atoms in total. The minimum atomic E-state index is -3.36. The smallest absolute Gasteiger partial charge is 0.305 e. The quantitative estimate of drug-likeness (QED) is 0.204. The van der Waals surface area contributed by atoms with Crippen molar-refractivity contribution in [3.05, 3.63) is 0 Å². The number of sulfonamides is 1. The van der Waals surface area contributed by atoms with Crippen LogP contribution in [0.4, 0.5) is 0 Å². The van der Waals surface area contributed by atoms with Crippen LogP contribution in [0.5, 0.6) is 0 Å². The molecule has 0 aromatic rings. The molecule has 0 saturated carbocycles. The van der Waals surface area contributed by atoms with Crippen LogP contribution in [0.2, 0.25) is 0 Å². The number of hydrogen-bond donors (Lipinski definition) is 1. The summed E-state index contributed by atoms with van der Waals surface area (Å²) in [5.41, 5.74) is 0. The minimum Gasteiger partial charge on any atom is -0.466 e. The van der Waals surface area contributed by atoms with Gasteiger partial charge in [0.25, 0.3) is 0 Å². The number of ether oxygens (including phenoxy) is 2. The zero-order valence-corrected chi connectivity index (χ0v) is 20.9. The molecule has 0 radical (unpaired) electrons. The van der Waals surface area contributed by atoms with Crippen LogP contribution >= 0.6 is 0 Å². The Kier molecular flexibility index (Phi) is 17.7. The van der Waals surface area contributed by atoms with E-state index in [1.165, 1.54) is 6.92 Å². The second-order valence-corrected chi connectivity index (χ2v) is 10.1. The minimum absolute atomic E-state index is 0.119. The zero-order chi connectivity index (χ0) is 23.5. The zero-order valence-electron chi connectivity index (χ0n) is 20.1. The average molecular weight is 464 g/mol. The molecule has 0 aliphatic rings. The summed E-state index contributed by atoms with van der Waals surface area (Å²) in [6, 6.07) is 0. The van der Waals surface area contributed by atoms with E-state index in [1.54, 1.807) is 6.92 Å². The van der Waals surface area contributed by atoms with Crippen LogP contribution in [0.15, 0.2) is 0 Å². The molecule has 184 valence electrons. The van der Waals surface area contributed by atoms with Crippen molar-refractivity contribution in [3.63, 3.8) is 0 Å². The Morgan fingerprint density at radius 1 is 0.871 bits per heavy atom. The lowest BCUT2D eigenvalue weighted by molar-refractivity contribution is -0.147. The molecule has 0 heterocycles. The summed E-state index contributed by atoms with van der Waals surface area (Å²) < 4.78 is 38.3. The molecule has 0 aliphatic heterocycles. The number of carbonyl (C=O) groups excluding carboxylic acids is 2. The highest BCUT2D eigenvalue weighted by Gasteiger charge is 2.23. The van der Waals surface area contributed by atoms with E-state index in [-0.39, 0.29) is 18.0 Å². The van der Waals surface area contributed by atoms with E-state index in [1.807, 2.05) is 6.92 Å². The lowest BCUT2D eigenvalue weighted by atomic mass is 10.0. The Balaban J connectivity index is 4.22. The summed E-state index contributed by atoms with van der Waals surface area (Å²) in [6.07, 6.45) is 10.2. The molecule has 0 amide bonds. The predicted molar refractivity (Wildman–Crippen MR) is 124 cm³/mol. The van der Waals surface area contributed by atoms with Crippen LogP contribution in [0.1, 0.15) is 111 Å². The van der Waals surface area contributed by atoms with Crippen molar-refractivity contribution in [3.8, 4) is 0 Å². The monoisotopic (exact) mass is 463 g/mol. The van der Waals surface area contributed by atoms with E-state index < -0.39 is 15.3 Å². The molecule has 0 saturated heterocycles. The molecular formula is C23H45NO6S. The Bertz CT molecular complexity index is 579. The molecule has 2 atom stereocenters. The van der Waals surface area contributed by atoms with Gasteiger partial charge in [-0.15, -0.1) is 0 Å². The average Bonchev–Trinajstić information content (AvgIpc) is 2.70. The lowest BCUT2D eigenvalue weighted by Gasteiger charge is -2.20. The maximum atomic E-state index is 12.6. The Labute approximate surface area is 190 Å². The highest BCUT2D eigenvalue weighted by Crippen LogP contribution is 2.18. The molecule has 0 aliphatic carbocycles. The van der Waals surface area contributed by atoms with E-state index in [2.05, 4.69) is 11.6 Å². The fourth-order valence-electron chi connectivity index (χ4n) is 3.58. The van der Waals surface area contributed by atoms with Crippen LogP contribution in [0.25, 0.3) is 0 Å². The number of carbonyl (C=O) groups is 2. The van der Waals surface area contributed by atoms with Gasteiger partial charge in [-0.1, -0.05) is 39.5 Å². The number of nitrogens with one attached hydrogen (secondary N) is 1. The molecule has 0 spiro atoms. The van der Waals surface area contributed by atoms with Crippen molar-refractivity contribution in [1.29, 1.82) is 0 Å². The summed E-state index contributed by atoms with van der Waals surface area (Å²) >= 11 is 0. The largest absolute Gasteiger partial charge is 0.466 e. The molecule has 0 bridgehead atoms. The van der Waals surface area contributed by atoms with Gasteiger partial charge < -0.3 is 9.47 Å². The highest BCUT2D eigenvalue weighted by atomic mass is 32.2. The molecule has 1 N–H and O–H groups in total. The molecular weight excluding hydrogens is 418 g/mol. The van der Waals surface area contributed by atoms with Gasteiger partial charge in [0.2, 0.25) is 10.0 Å². The summed E-state index contributed by atoms with van der Waals surface area (Å²) in [6.45, 7) is 8.07. The van der Waals surface area contributed by atoms with Crippen LogP contribution < -0.4 is 4.72 Å². The van der Waals surface area contributed by atoms with Crippen molar-refractivity contribution < 1.29 is 27.5 Å². The van der Waals surface area contributed by atoms with Crippen LogP contribution in [-0.4, -0.2) is 44.9 Å². The molecule has 2 unspecified atom stereocenters. The lowest BCUT2D eigenvalue weighted by Crippen LogP contribution is -2.34. The molecule has 0 aromatic carbocycles. The second-order valence-electron chi connectivity index (χ2n) is 8.10. The van der Waals surface area contributed by atoms with E-state index in [4.69, 9.17) is 9.47 Å². The van der Waals surface area contributed by atoms with Crippen molar-refractivity contribution in [1.82, 2.24) is 4.72 Å². The predicted octanol–water partition coefficient (Wildman–Crippen LogP) is 4.88. The third-order valence-corrected chi connectivity index (χ3v) is 7.38. The first kappa shape index (κ1) is 29.9. The SMILES string of the molecule is CCCCCC(CCCC(CC)S(=O)(=O)NCCCCCCC(=O)OCC)OC(C)=O. The van der Waals surface area contributed by atoms with Gasteiger partial charge in [-0.05, 0) is 58.3 Å². The Morgan fingerprint density at radius 2 is 1.55 bits per heavy atom. The van der Waals surface area contributed by atoms with E-state index in [0.29, 0.717) is 38.8 Å². The summed E-state index contributed by atoms with van der Waals surface area (Å²) in [7, 11) is -3.36. The van der Waals surface area contributed by atoms with Gasteiger partial charge in [0.05, 0.1) is 11.9 Å². The summed E-state index contributed by atoms with van der Waals surface area (Å²) in [5.74, 6) is -0.444. The number of hydrogen-bond acceptors (Lipinski definition) is 6. The van der Waals surface area contributed by atoms with Gasteiger partial charge >= 0.3 is 11.9 Å². The molecule has 0 fully saturated rings. The van der Waals surface area contributed by atoms with Crippen molar-refractivity contribution in [2.24, 2.45) is 0 Å². The van der Waals surface area contributed by atoms with Crippen LogP contribution in [-0.2, 0) is 29.1 Å². The van der Waals surface area contributed by atoms with Crippen molar-refractivity contribution >= 4 is 22.0 Å². The highest BCUT2D eigenvalue weighted by molar-refractivity contribution is 7.90. The maximum absolute atomic E-state index is 12.6. The number of rotatable bonds is 20. The molecule has 8 heteroatoms. The van der Waals surface area contributed by atoms with E-state index in [9.17, 15) is 18.0 Å². The first-order chi connectivity index (χ1) is 14.8. The third kappa shape index (κ3) is 16.2. The van der Waals surface area contributed by atoms with Crippen molar-refractivity contribution in [2.45, 2.75) is 123 Å². The standard InChI is InChI=1S/C23H45NO6S/c1-5-8-11-15-21(30-20(4)25)16-14-17-22(6-2)31(27,28)24-19-13-10-9-12-18-23(26)29-7-3/h21-22,24H,5-19H2,1-4H3. The molecule has 0 aromatic heterocycles. The molecule has 31 heavy (non-hydrogen) atoms. The van der Waals surface area contributed by atoms with Gasteiger partial charge in [-0.3, -0.25) is 9.59 Å². The van der Waals surface area contributed by atoms with Gasteiger partial charge in [0, 0.05) is 19.9 Å². The molecule has 0 rings (SSSR count). The van der Waals surface area contributed by atoms with Gasteiger partial charge in [0.1, 0.15) is 6.10 Å². The Hall–Kier alpha value is -1.15. The first-order valence-corrected chi connectivity index (χ1v) is 13.6. The van der Waals surface area contributed by atoms with Crippen LogP contribution in [0.3, 0.4) is 0 Å². The third-order valence-electron chi connectivity index (χ3n) is 5.32. The van der Waals surface area contributed by atoms with Gasteiger partial charge in [-0.25, -0.2) is 13.1 Å². The maximum Gasteiger partial charge on any atom is 0.305 e.